The van der Waals surface area contributed by atoms with Crippen LogP contribution < -0.4 is 5.73 Å². The molecule has 0 aromatic carbocycles. The number of hydrogen-bond acceptors (Lipinski definition) is 5. The van der Waals surface area contributed by atoms with Crippen molar-refractivity contribution in [2.45, 2.75) is 33.6 Å². The van der Waals surface area contributed by atoms with Crippen LogP contribution in [-0.4, -0.2) is 21.7 Å². The predicted octanol–water partition coefficient (Wildman–Crippen LogP) is 2.60. The van der Waals surface area contributed by atoms with E-state index in [4.69, 9.17) is 10.3 Å². The Labute approximate surface area is 119 Å². The molecule has 2 rings (SSSR count). The van der Waals surface area contributed by atoms with Gasteiger partial charge in [-0.25, -0.2) is 0 Å². The summed E-state index contributed by atoms with van der Waals surface area (Å²) in [5, 5.41) is 4.06. The molecule has 0 saturated carbocycles. The third-order valence-corrected chi connectivity index (χ3v) is 3.33. The molecule has 0 aliphatic heterocycles. The van der Waals surface area contributed by atoms with Gasteiger partial charge in [0, 0.05) is 24.4 Å². The number of hydrogen-bond donors (Lipinski definition) is 1. The first-order valence-electron chi connectivity index (χ1n) is 7.03. The van der Waals surface area contributed by atoms with Crippen molar-refractivity contribution < 1.29 is 4.52 Å². The summed E-state index contributed by atoms with van der Waals surface area (Å²) in [5.41, 5.74) is 7.81. The first-order valence-corrected chi connectivity index (χ1v) is 7.03. The van der Waals surface area contributed by atoms with Crippen molar-refractivity contribution in [2.24, 2.45) is 17.6 Å². The highest BCUT2D eigenvalue weighted by atomic mass is 16.5. The van der Waals surface area contributed by atoms with Crippen molar-refractivity contribution >= 4 is 0 Å². The van der Waals surface area contributed by atoms with Gasteiger partial charge in [0.15, 0.2) is 0 Å². The van der Waals surface area contributed by atoms with Gasteiger partial charge in [0.2, 0.25) is 11.7 Å². The van der Waals surface area contributed by atoms with Crippen LogP contribution in [0.25, 0.3) is 11.4 Å². The normalized spacial score (nSPS) is 12.8. The fourth-order valence-corrected chi connectivity index (χ4v) is 2.35. The molecule has 20 heavy (non-hydrogen) atoms. The highest BCUT2D eigenvalue weighted by Gasteiger charge is 2.16. The molecule has 1 atom stereocenters. The van der Waals surface area contributed by atoms with E-state index in [9.17, 15) is 0 Å². The molecule has 5 nitrogen and oxygen atoms in total. The van der Waals surface area contributed by atoms with Crippen LogP contribution in [0.5, 0.6) is 0 Å². The minimum absolute atomic E-state index is 0.391. The van der Waals surface area contributed by atoms with Crippen LogP contribution in [0.15, 0.2) is 23.0 Å². The molecule has 0 saturated heterocycles. The second-order valence-electron chi connectivity index (χ2n) is 5.64. The maximum atomic E-state index is 5.81. The summed E-state index contributed by atoms with van der Waals surface area (Å²) >= 11 is 0. The molecule has 0 bridgehead atoms. The van der Waals surface area contributed by atoms with Crippen LogP contribution in [0.1, 0.15) is 31.7 Å². The maximum Gasteiger partial charge on any atom is 0.227 e. The van der Waals surface area contributed by atoms with E-state index in [1.807, 2.05) is 13.0 Å². The summed E-state index contributed by atoms with van der Waals surface area (Å²) in [4.78, 5) is 8.54. The van der Waals surface area contributed by atoms with Crippen molar-refractivity contribution in [3.8, 4) is 11.4 Å². The topological polar surface area (TPSA) is 77.8 Å². The van der Waals surface area contributed by atoms with Gasteiger partial charge in [0.05, 0.1) is 0 Å². The molecule has 2 aromatic heterocycles. The molecular weight excluding hydrogens is 252 g/mol. The van der Waals surface area contributed by atoms with E-state index in [2.05, 4.69) is 29.0 Å². The minimum atomic E-state index is 0.391. The summed E-state index contributed by atoms with van der Waals surface area (Å²) in [5.74, 6) is 2.29. The zero-order valence-electron chi connectivity index (χ0n) is 12.3. The lowest BCUT2D eigenvalue weighted by Crippen LogP contribution is -2.19. The Bertz CT molecular complexity index is 550. The summed E-state index contributed by atoms with van der Waals surface area (Å²) < 4.78 is 5.35. The summed E-state index contributed by atoms with van der Waals surface area (Å²) in [6, 6.07) is 1.90. The van der Waals surface area contributed by atoms with Crippen LogP contribution in [0.2, 0.25) is 0 Å². The molecular formula is C15H22N4O. The highest BCUT2D eigenvalue weighted by Crippen LogP contribution is 2.21. The molecule has 0 aliphatic rings. The van der Waals surface area contributed by atoms with Gasteiger partial charge in [-0.2, -0.15) is 4.98 Å². The molecule has 1 unspecified atom stereocenters. The highest BCUT2D eigenvalue weighted by molar-refractivity contribution is 5.57. The Morgan fingerprint density at radius 2 is 2.15 bits per heavy atom. The number of aromatic nitrogens is 3. The van der Waals surface area contributed by atoms with Crippen molar-refractivity contribution in [1.29, 1.82) is 0 Å². The minimum Gasteiger partial charge on any atom is -0.339 e. The van der Waals surface area contributed by atoms with E-state index in [0.717, 1.165) is 24.0 Å². The predicted molar refractivity (Wildman–Crippen MR) is 78.0 cm³/mol. The zero-order chi connectivity index (χ0) is 14.5. The SMILES string of the molecule is Cc1cnccc1-c1noc(CC(CN)CC(C)C)n1. The standard InChI is InChI=1S/C15H22N4O/c1-10(2)6-12(8-16)7-14-18-15(19-20-14)13-4-5-17-9-11(13)3/h4-5,9-10,12H,6-8,16H2,1-3H3. The fraction of sp³-hybridized carbons (Fsp3) is 0.533. The summed E-state index contributed by atoms with van der Waals surface area (Å²) in [7, 11) is 0. The molecule has 0 radical (unpaired) electrons. The largest absolute Gasteiger partial charge is 0.339 e. The van der Waals surface area contributed by atoms with Crippen molar-refractivity contribution in [3.05, 3.63) is 29.9 Å². The zero-order valence-corrected chi connectivity index (χ0v) is 12.3. The molecule has 0 aliphatic carbocycles. The molecule has 0 fully saturated rings. The lowest BCUT2D eigenvalue weighted by molar-refractivity contribution is 0.332. The molecule has 0 spiro atoms. The Kier molecular flexibility index (Phi) is 4.84. The number of nitrogens with zero attached hydrogens (tertiary/aromatic N) is 3. The van der Waals surface area contributed by atoms with E-state index >= 15 is 0 Å². The van der Waals surface area contributed by atoms with Crippen molar-refractivity contribution in [2.75, 3.05) is 6.54 Å². The summed E-state index contributed by atoms with van der Waals surface area (Å²) in [6.45, 7) is 7.02. The summed E-state index contributed by atoms with van der Waals surface area (Å²) in [6.07, 6.45) is 5.35. The third-order valence-electron chi connectivity index (χ3n) is 3.33. The van der Waals surface area contributed by atoms with E-state index in [-0.39, 0.29) is 0 Å². The smallest absolute Gasteiger partial charge is 0.227 e. The Morgan fingerprint density at radius 3 is 2.80 bits per heavy atom. The average Bonchev–Trinajstić information content (AvgIpc) is 2.86. The number of rotatable bonds is 6. The second-order valence-corrected chi connectivity index (χ2v) is 5.64. The van der Waals surface area contributed by atoms with E-state index in [0.29, 0.717) is 30.1 Å². The van der Waals surface area contributed by atoms with Crippen LogP contribution in [-0.2, 0) is 6.42 Å². The molecule has 108 valence electrons. The van der Waals surface area contributed by atoms with Gasteiger partial charge in [0.25, 0.3) is 0 Å². The average molecular weight is 274 g/mol. The molecule has 2 heterocycles. The Hall–Kier alpha value is -1.75. The van der Waals surface area contributed by atoms with E-state index in [1.165, 1.54) is 0 Å². The lowest BCUT2D eigenvalue weighted by Gasteiger charge is -2.14. The van der Waals surface area contributed by atoms with E-state index < -0.39 is 0 Å². The van der Waals surface area contributed by atoms with Crippen LogP contribution in [0.3, 0.4) is 0 Å². The molecule has 2 aromatic rings. The fourth-order valence-electron chi connectivity index (χ4n) is 2.35. The first-order chi connectivity index (χ1) is 9.60. The van der Waals surface area contributed by atoms with E-state index in [1.54, 1.807) is 12.4 Å². The third kappa shape index (κ3) is 3.63. The van der Waals surface area contributed by atoms with Gasteiger partial charge in [-0.1, -0.05) is 19.0 Å². The van der Waals surface area contributed by atoms with Crippen LogP contribution in [0.4, 0.5) is 0 Å². The quantitative estimate of drug-likeness (QED) is 0.876. The van der Waals surface area contributed by atoms with Crippen molar-refractivity contribution in [3.63, 3.8) is 0 Å². The van der Waals surface area contributed by atoms with Gasteiger partial charge in [-0.3, -0.25) is 4.98 Å². The maximum absolute atomic E-state index is 5.81. The first kappa shape index (κ1) is 14.7. The number of nitrogens with two attached hydrogens (primary N) is 1. The van der Waals surface area contributed by atoms with Crippen LogP contribution >= 0.6 is 0 Å². The lowest BCUT2D eigenvalue weighted by atomic mass is 9.94. The van der Waals surface area contributed by atoms with Gasteiger partial charge in [-0.05, 0) is 43.4 Å². The molecule has 5 heteroatoms. The molecule has 2 N–H and O–H groups in total. The number of aryl methyl sites for hydroxylation is 1. The Balaban J connectivity index is 2.11. The van der Waals surface area contributed by atoms with Crippen LogP contribution in [0, 0.1) is 18.8 Å². The van der Waals surface area contributed by atoms with Crippen molar-refractivity contribution in [1.82, 2.24) is 15.1 Å². The van der Waals surface area contributed by atoms with Gasteiger partial charge < -0.3 is 10.3 Å². The van der Waals surface area contributed by atoms with Gasteiger partial charge in [-0.15, -0.1) is 0 Å². The second kappa shape index (κ2) is 6.61. The molecule has 0 amide bonds. The van der Waals surface area contributed by atoms with Gasteiger partial charge in [0.1, 0.15) is 0 Å². The Morgan fingerprint density at radius 1 is 1.35 bits per heavy atom. The monoisotopic (exact) mass is 274 g/mol. The number of pyridine rings is 1. The van der Waals surface area contributed by atoms with Gasteiger partial charge >= 0.3 is 0 Å².